The lowest BCUT2D eigenvalue weighted by Crippen LogP contribution is -2.44. The zero-order valence-corrected chi connectivity index (χ0v) is 14.2. The molecule has 2 aromatic rings. The summed E-state index contributed by atoms with van der Waals surface area (Å²) in [6, 6.07) is 18.3. The Morgan fingerprint density at radius 1 is 1.00 bits per heavy atom. The van der Waals surface area contributed by atoms with Gasteiger partial charge in [-0.2, -0.15) is 0 Å². The number of hydrogen-bond donors (Lipinski definition) is 0. The van der Waals surface area contributed by atoms with Crippen molar-refractivity contribution in [2.45, 2.75) is 19.6 Å². The number of nitrogens with zero attached hydrogens (tertiary/aromatic N) is 1. The Balaban J connectivity index is 1.52. The van der Waals surface area contributed by atoms with E-state index in [1.807, 2.05) is 31.2 Å². The maximum Gasteiger partial charge on any atom is 0.161 e. The molecule has 0 amide bonds. The van der Waals surface area contributed by atoms with Gasteiger partial charge in [-0.05, 0) is 24.6 Å². The van der Waals surface area contributed by atoms with E-state index in [9.17, 15) is 0 Å². The van der Waals surface area contributed by atoms with E-state index < -0.39 is 0 Å². The minimum absolute atomic E-state index is 0.0807. The van der Waals surface area contributed by atoms with E-state index in [0.717, 1.165) is 37.7 Å². The molecule has 1 saturated heterocycles. The van der Waals surface area contributed by atoms with E-state index in [1.165, 1.54) is 5.56 Å². The Bertz CT molecular complexity index is 617. The summed E-state index contributed by atoms with van der Waals surface area (Å²) in [6.45, 7) is 6.68. The third kappa shape index (κ3) is 4.73. The van der Waals surface area contributed by atoms with Crippen LogP contribution in [0.2, 0.25) is 0 Å². The van der Waals surface area contributed by atoms with Gasteiger partial charge in [0.15, 0.2) is 11.5 Å². The lowest BCUT2D eigenvalue weighted by molar-refractivity contribution is -0.0507. The fraction of sp³-hybridized carbons (Fsp3) is 0.400. The summed E-state index contributed by atoms with van der Waals surface area (Å²) in [5.41, 5.74) is 1.33. The van der Waals surface area contributed by atoms with Gasteiger partial charge in [-0.3, -0.25) is 4.90 Å². The van der Waals surface area contributed by atoms with Gasteiger partial charge in [-0.25, -0.2) is 0 Å². The summed E-state index contributed by atoms with van der Waals surface area (Å²) in [5.74, 6) is 1.57. The maximum absolute atomic E-state index is 5.95. The maximum atomic E-state index is 5.95. The Kier molecular flexibility index (Phi) is 6.10. The molecule has 0 aromatic heterocycles. The number of benzene rings is 2. The minimum atomic E-state index is 0.0807. The summed E-state index contributed by atoms with van der Waals surface area (Å²) in [6.07, 6.45) is 0.0807. The predicted octanol–water partition coefficient (Wildman–Crippen LogP) is 3.37. The molecule has 0 radical (unpaired) electrons. The topological polar surface area (TPSA) is 30.9 Å². The molecule has 0 aliphatic carbocycles. The molecule has 0 saturated carbocycles. The fourth-order valence-corrected chi connectivity index (χ4v) is 2.89. The smallest absolute Gasteiger partial charge is 0.161 e. The van der Waals surface area contributed by atoms with Crippen molar-refractivity contribution in [3.05, 3.63) is 60.2 Å². The van der Waals surface area contributed by atoms with Crippen molar-refractivity contribution < 1.29 is 14.2 Å². The van der Waals surface area contributed by atoms with Crippen LogP contribution in [0.15, 0.2) is 54.6 Å². The number of rotatable bonds is 7. The fourth-order valence-electron chi connectivity index (χ4n) is 2.89. The van der Waals surface area contributed by atoms with Gasteiger partial charge in [0, 0.05) is 19.6 Å². The van der Waals surface area contributed by atoms with Gasteiger partial charge in [0.2, 0.25) is 0 Å². The Hall–Kier alpha value is -2.04. The van der Waals surface area contributed by atoms with Crippen molar-refractivity contribution in [2.24, 2.45) is 0 Å². The van der Waals surface area contributed by atoms with Gasteiger partial charge in [-0.15, -0.1) is 0 Å². The van der Waals surface area contributed by atoms with Crippen molar-refractivity contribution in [1.29, 1.82) is 0 Å². The molecular weight excluding hydrogens is 302 g/mol. The van der Waals surface area contributed by atoms with E-state index in [4.69, 9.17) is 14.2 Å². The van der Waals surface area contributed by atoms with Crippen LogP contribution in [0, 0.1) is 0 Å². The first-order valence-electron chi connectivity index (χ1n) is 8.57. The molecule has 1 aliphatic heterocycles. The molecule has 0 spiro atoms. The molecule has 4 heteroatoms. The summed E-state index contributed by atoms with van der Waals surface area (Å²) in [4.78, 5) is 2.42. The second kappa shape index (κ2) is 8.71. The molecule has 128 valence electrons. The lowest BCUT2D eigenvalue weighted by Gasteiger charge is -2.32. The zero-order valence-electron chi connectivity index (χ0n) is 14.2. The van der Waals surface area contributed by atoms with E-state index in [2.05, 4.69) is 35.2 Å². The van der Waals surface area contributed by atoms with Crippen LogP contribution >= 0.6 is 0 Å². The summed E-state index contributed by atoms with van der Waals surface area (Å²) in [5, 5.41) is 0. The SMILES string of the molecule is CCOc1ccccc1OC[C@@H]1CN(Cc2ccccc2)CCO1. The van der Waals surface area contributed by atoms with Crippen LogP contribution in [0.1, 0.15) is 12.5 Å². The van der Waals surface area contributed by atoms with Crippen molar-refractivity contribution in [3.8, 4) is 11.5 Å². The molecule has 1 atom stereocenters. The van der Waals surface area contributed by atoms with Gasteiger partial charge in [-0.1, -0.05) is 42.5 Å². The molecule has 2 aromatic carbocycles. The number of para-hydroxylation sites is 2. The van der Waals surface area contributed by atoms with Crippen molar-refractivity contribution >= 4 is 0 Å². The molecular formula is C20H25NO3. The first-order chi connectivity index (χ1) is 11.8. The third-order valence-electron chi connectivity index (χ3n) is 4.05. The highest BCUT2D eigenvalue weighted by molar-refractivity contribution is 5.39. The van der Waals surface area contributed by atoms with Gasteiger partial charge in [0.05, 0.1) is 13.2 Å². The average molecular weight is 327 g/mol. The van der Waals surface area contributed by atoms with Crippen LogP contribution < -0.4 is 9.47 Å². The molecule has 1 aliphatic rings. The van der Waals surface area contributed by atoms with Crippen LogP contribution in [0.25, 0.3) is 0 Å². The van der Waals surface area contributed by atoms with Crippen LogP contribution in [-0.4, -0.2) is 43.9 Å². The molecule has 0 N–H and O–H groups in total. The molecule has 3 rings (SSSR count). The lowest BCUT2D eigenvalue weighted by atomic mass is 10.2. The molecule has 4 nitrogen and oxygen atoms in total. The highest BCUT2D eigenvalue weighted by atomic mass is 16.5. The van der Waals surface area contributed by atoms with Gasteiger partial charge < -0.3 is 14.2 Å². The average Bonchev–Trinajstić information content (AvgIpc) is 2.62. The number of ether oxygens (including phenoxy) is 3. The van der Waals surface area contributed by atoms with Gasteiger partial charge in [0.1, 0.15) is 12.7 Å². The van der Waals surface area contributed by atoms with Crippen molar-refractivity contribution in [1.82, 2.24) is 4.90 Å². The number of hydrogen-bond acceptors (Lipinski definition) is 4. The molecule has 0 bridgehead atoms. The van der Waals surface area contributed by atoms with Crippen molar-refractivity contribution in [3.63, 3.8) is 0 Å². The van der Waals surface area contributed by atoms with Crippen molar-refractivity contribution in [2.75, 3.05) is 32.9 Å². The first-order valence-corrected chi connectivity index (χ1v) is 8.57. The van der Waals surface area contributed by atoms with Gasteiger partial charge >= 0.3 is 0 Å². The van der Waals surface area contributed by atoms with E-state index in [-0.39, 0.29) is 6.10 Å². The summed E-state index contributed by atoms with van der Waals surface area (Å²) < 4.78 is 17.4. The molecule has 0 unspecified atom stereocenters. The van der Waals surface area contributed by atoms with Crippen LogP contribution in [0.3, 0.4) is 0 Å². The van der Waals surface area contributed by atoms with E-state index in [1.54, 1.807) is 0 Å². The summed E-state index contributed by atoms with van der Waals surface area (Å²) in [7, 11) is 0. The van der Waals surface area contributed by atoms with E-state index in [0.29, 0.717) is 13.2 Å². The monoisotopic (exact) mass is 327 g/mol. The van der Waals surface area contributed by atoms with Crippen LogP contribution in [0.5, 0.6) is 11.5 Å². The normalized spacial score (nSPS) is 18.3. The van der Waals surface area contributed by atoms with E-state index >= 15 is 0 Å². The number of morpholine rings is 1. The highest BCUT2D eigenvalue weighted by Crippen LogP contribution is 2.26. The second-order valence-electron chi connectivity index (χ2n) is 5.90. The largest absolute Gasteiger partial charge is 0.490 e. The Morgan fingerprint density at radius 3 is 2.46 bits per heavy atom. The first kappa shape index (κ1) is 16.8. The quantitative estimate of drug-likeness (QED) is 0.780. The van der Waals surface area contributed by atoms with Crippen LogP contribution in [0.4, 0.5) is 0 Å². The van der Waals surface area contributed by atoms with Gasteiger partial charge in [0.25, 0.3) is 0 Å². The third-order valence-corrected chi connectivity index (χ3v) is 4.05. The van der Waals surface area contributed by atoms with Crippen LogP contribution in [-0.2, 0) is 11.3 Å². The zero-order chi connectivity index (χ0) is 16.6. The molecule has 24 heavy (non-hydrogen) atoms. The molecule has 1 fully saturated rings. The Morgan fingerprint density at radius 2 is 1.71 bits per heavy atom. The minimum Gasteiger partial charge on any atom is -0.490 e. The molecule has 1 heterocycles. The predicted molar refractivity (Wildman–Crippen MR) is 94.6 cm³/mol. The summed E-state index contributed by atoms with van der Waals surface area (Å²) >= 11 is 0. The highest BCUT2D eigenvalue weighted by Gasteiger charge is 2.21. The second-order valence-corrected chi connectivity index (χ2v) is 5.90. The standard InChI is InChI=1S/C20H25NO3/c1-2-22-19-10-6-7-11-20(19)24-16-18-15-21(12-13-23-18)14-17-8-4-3-5-9-17/h3-11,18H,2,12-16H2,1H3/t18-/m0/s1. The Labute approximate surface area is 144 Å².